The summed E-state index contributed by atoms with van der Waals surface area (Å²) >= 11 is 3.36. The van der Waals surface area contributed by atoms with Crippen LogP contribution in [0.25, 0.3) is 0 Å². The Morgan fingerprint density at radius 3 is 2.31 bits per heavy atom. The van der Waals surface area contributed by atoms with Crippen molar-refractivity contribution >= 4 is 53.3 Å². The van der Waals surface area contributed by atoms with Gasteiger partial charge in [0.15, 0.2) is 0 Å². The number of nitrogens with zero attached hydrogens (tertiary/aromatic N) is 1. The molecule has 0 heterocycles. The van der Waals surface area contributed by atoms with Gasteiger partial charge in [-0.25, -0.2) is 21.6 Å². The lowest BCUT2D eigenvalue weighted by molar-refractivity contribution is -0.114. The van der Waals surface area contributed by atoms with Crippen molar-refractivity contribution in [3.8, 4) is 5.75 Å². The van der Waals surface area contributed by atoms with Crippen molar-refractivity contribution in [3.05, 3.63) is 46.4 Å². The van der Waals surface area contributed by atoms with E-state index in [4.69, 9.17) is 4.74 Å². The largest absolute Gasteiger partial charge is 0.495 e. The fraction of sp³-hybridized carbons (Fsp3) is 0.350. The molecule has 1 amide bonds. The molecule has 0 aliphatic carbocycles. The van der Waals surface area contributed by atoms with Gasteiger partial charge in [-0.2, -0.15) is 0 Å². The van der Waals surface area contributed by atoms with Crippen molar-refractivity contribution in [2.75, 3.05) is 29.5 Å². The van der Waals surface area contributed by atoms with Crippen LogP contribution in [0, 0.1) is 6.92 Å². The number of methoxy groups -OCH3 is 1. The number of hydrogen-bond acceptors (Lipinski definition) is 6. The number of amides is 1. The lowest BCUT2D eigenvalue weighted by Crippen LogP contribution is -2.37. The van der Waals surface area contributed by atoms with Crippen LogP contribution < -0.4 is 19.1 Å². The molecule has 32 heavy (non-hydrogen) atoms. The Balaban J connectivity index is 2.35. The van der Waals surface area contributed by atoms with Gasteiger partial charge in [-0.15, -0.1) is 0 Å². The molecule has 0 saturated carbocycles. The summed E-state index contributed by atoms with van der Waals surface area (Å²) in [6, 6.07) is 8.62. The number of ether oxygens (including phenoxy) is 1. The fourth-order valence-corrected chi connectivity index (χ4v) is 5.21. The van der Waals surface area contributed by atoms with E-state index in [0.29, 0.717) is 5.69 Å². The minimum absolute atomic E-state index is 0.0641. The monoisotopic (exact) mass is 547 g/mol. The van der Waals surface area contributed by atoms with Crippen molar-refractivity contribution < 1.29 is 26.4 Å². The second kappa shape index (κ2) is 10.2. The van der Waals surface area contributed by atoms with Gasteiger partial charge >= 0.3 is 0 Å². The van der Waals surface area contributed by atoms with E-state index in [0.717, 1.165) is 20.6 Å². The molecule has 2 aromatic rings. The molecular formula is C20H26BrN3O6S2. The van der Waals surface area contributed by atoms with Gasteiger partial charge in [-0.1, -0.05) is 15.9 Å². The molecular weight excluding hydrogens is 522 g/mol. The third-order valence-electron chi connectivity index (χ3n) is 4.26. The van der Waals surface area contributed by atoms with E-state index in [1.54, 1.807) is 39.0 Å². The van der Waals surface area contributed by atoms with Gasteiger partial charge in [0.05, 0.1) is 29.6 Å². The highest BCUT2D eigenvalue weighted by molar-refractivity contribution is 9.10. The van der Waals surface area contributed by atoms with E-state index in [9.17, 15) is 21.6 Å². The van der Waals surface area contributed by atoms with E-state index in [2.05, 4.69) is 26.0 Å². The molecule has 0 aliphatic rings. The topological polar surface area (TPSA) is 122 Å². The zero-order chi connectivity index (χ0) is 24.3. The molecule has 2 rings (SSSR count). The molecule has 0 unspecified atom stereocenters. The first kappa shape index (κ1) is 26.1. The number of rotatable bonds is 9. The number of anilines is 2. The highest BCUT2D eigenvalue weighted by Crippen LogP contribution is 2.28. The molecule has 0 aromatic heterocycles. The quantitative estimate of drug-likeness (QED) is 0.497. The molecule has 9 nitrogen and oxygen atoms in total. The van der Waals surface area contributed by atoms with Crippen molar-refractivity contribution in [2.45, 2.75) is 31.7 Å². The maximum atomic E-state index is 12.8. The van der Waals surface area contributed by atoms with E-state index in [-0.39, 0.29) is 22.4 Å². The summed E-state index contributed by atoms with van der Waals surface area (Å²) in [4.78, 5) is 12.7. The minimum atomic E-state index is -3.81. The number of carbonyl (C=O) groups excluding carboxylic acids is 1. The molecule has 0 fully saturated rings. The van der Waals surface area contributed by atoms with Crippen LogP contribution in [-0.2, 0) is 24.8 Å². The summed E-state index contributed by atoms with van der Waals surface area (Å²) in [6.45, 7) is 4.67. The van der Waals surface area contributed by atoms with Crippen LogP contribution in [0.3, 0.4) is 0 Å². The first-order chi connectivity index (χ1) is 14.7. The maximum Gasteiger partial charge on any atom is 0.245 e. The normalized spacial score (nSPS) is 12.0. The Hall–Kier alpha value is -2.15. The molecule has 0 bridgehead atoms. The van der Waals surface area contributed by atoms with Crippen LogP contribution in [0.5, 0.6) is 5.75 Å². The zero-order valence-corrected chi connectivity index (χ0v) is 21.6. The lowest BCUT2D eigenvalue weighted by Gasteiger charge is -2.23. The second-order valence-corrected chi connectivity index (χ2v) is 11.9. The smallest absolute Gasteiger partial charge is 0.245 e. The summed E-state index contributed by atoms with van der Waals surface area (Å²) in [6.07, 6.45) is 1.00. The number of carbonyl (C=O) groups is 1. The Kier molecular flexibility index (Phi) is 8.32. The van der Waals surface area contributed by atoms with Crippen LogP contribution in [0.2, 0.25) is 0 Å². The van der Waals surface area contributed by atoms with Crippen LogP contribution in [0.15, 0.2) is 45.8 Å². The highest BCUT2D eigenvalue weighted by atomic mass is 79.9. The van der Waals surface area contributed by atoms with E-state index < -0.39 is 32.5 Å². The SMILES string of the molecule is COc1ccc(S(=O)(=O)NC(C)C)cc1NC(=O)CN(c1ccc(Br)c(C)c1)S(C)(=O)=O. The van der Waals surface area contributed by atoms with Crippen molar-refractivity contribution in [1.82, 2.24) is 4.72 Å². The van der Waals surface area contributed by atoms with Gasteiger partial charge in [-0.05, 0) is 62.7 Å². The third kappa shape index (κ3) is 6.67. The van der Waals surface area contributed by atoms with Crippen molar-refractivity contribution in [2.24, 2.45) is 0 Å². The molecule has 0 spiro atoms. The number of halogens is 1. The summed E-state index contributed by atoms with van der Waals surface area (Å²) in [5.74, 6) is -0.437. The van der Waals surface area contributed by atoms with Crippen molar-refractivity contribution in [3.63, 3.8) is 0 Å². The van der Waals surface area contributed by atoms with E-state index in [1.165, 1.54) is 25.3 Å². The number of nitrogens with one attached hydrogen (secondary N) is 2. The highest BCUT2D eigenvalue weighted by Gasteiger charge is 2.23. The molecule has 176 valence electrons. The molecule has 2 aromatic carbocycles. The zero-order valence-electron chi connectivity index (χ0n) is 18.3. The van der Waals surface area contributed by atoms with Crippen LogP contribution in [0.1, 0.15) is 19.4 Å². The van der Waals surface area contributed by atoms with Crippen LogP contribution in [0.4, 0.5) is 11.4 Å². The summed E-state index contributed by atoms with van der Waals surface area (Å²) in [7, 11) is -6.21. The predicted molar refractivity (Wildman–Crippen MR) is 128 cm³/mol. The Bertz CT molecular complexity index is 1210. The average molecular weight is 548 g/mol. The number of sulfonamides is 2. The molecule has 2 N–H and O–H groups in total. The average Bonchev–Trinajstić information content (AvgIpc) is 2.66. The predicted octanol–water partition coefficient (Wildman–Crippen LogP) is 2.86. The fourth-order valence-electron chi connectivity index (χ4n) is 2.83. The lowest BCUT2D eigenvalue weighted by atomic mass is 10.2. The Morgan fingerprint density at radius 2 is 1.78 bits per heavy atom. The van der Waals surface area contributed by atoms with Gasteiger partial charge in [0.2, 0.25) is 26.0 Å². The molecule has 0 radical (unpaired) electrons. The molecule has 0 aliphatic heterocycles. The minimum Gasteiger partial charge on any atom is -0.495 e. The summed E-state index contributed by atoms with van der Waals surface area (Å²) in [5, 5.41) is 2.55. The number of aryl methyl sites for hydroxylation is 1. The Morgan fingerprint density at radius 1 is 1.12 bits per heavy atom. The Labute approximate surface area is 197 Å². The van der Waals surface area contributed by atoms with Crippen LogP contribution >= 0.6 is 15.9 Å². The second-order valence-electron chi connectivity index (χ2n) is 7.39. The molecule has 0 saturated heterocycles. The third-order valence-corrected chi connectivity index (χ3v) is 7.95. The summed E-state index contributed by atoms with van der Waals surface area (Å²) < 4.78 is 59.1. The van der Waals surface area contributed by atoms with Crippen molar-refractivity contribution in [1.29, 1.82) is 0 Å². The van der Waals surface area contributed by atoms with Gasteiger partial charge in [0.1, 0.15) is 12.3 Å². The summed E-state index contributed by atoms with van der Waals surface area (Å²) in [5.41, 5.74) is 1.23. The number of hydrogen-bond donors (Lipinski definition) is 2. The van der Waals surface area contributed by atoms with Crippen LogP contribution in [-0.4, -0.2) is 48.7 Å². The van der Waals surface area contributed by atoms with E-state index in [1.807, 2.05) is 0 Å². The maximum absolute atomic E-state index is 12.8. The first-order valence-electron chi connectivity index (χ1n) is 9.48. The van der Waals surface area contributed by atoms with Gasteiger partial charge in [0.25, 0.3) is 0 Å². The van der Waals surface area contributed by atoms with Gasteiger partial charge in [0, 0.05) is 10.5 Å². The standard InChI is InChI=1S/C20H26BrN3O6S2/c1-13(2)23-32(28,29)16-7-9-19(30-4)18(11-16)22-20(25)12-24(31(5,26)27)15-6-8-17(21)14(3)10-15/h6-11,13,23H,12H2,1-5H3,(H,22,25). The van der Waals surface area contributed by atoms with E-state index >= 15 is 0 Å². The number of benzene rings is 2. The van der Waals surface area contributed by atoms with Gasteiger partial charge in [-0.3, -0.25) is 9.10 Å². The molecule has 12 heteroatoms. The van der Waals surface area contributed by atoms with Gasteiger partial charge < -0.3 is 10.1 Å². The molecule has 0 atom stereocenters. The first-order valence-corrected chi connectivity index (χ1v) is 13.6.